The quantitative estimate of drug-likeness (QED) is 0.847. The van der Waals surface area contributed by atoms with Gasteiger partial charge in [-0.1, -0.05) is 29.8 Å². The number of halogens is 1. The van der Waals surface area contributed by atoms with Gasteiger partial charge < -0.3 is 5.11 Å². The fourth-order valence-electron chi connectivity index (χ4n) is 2.05. The van der Waals surface area contributed by atoms with Crippen LogP contribution in [0, 0.1) is 0 Å². The van der Waals surface area contributed by atoms with E-state index in [0.29, 0.717) is 10.6 Å². The Hall–Kier alpha value is -2.01. The summed E-state index contributed by atoms with van der Waals surface area (Å²) in [4.78, 5) is 26.1. The Kier molecular flexibility index (Phi) is 3.48. The molecule has 2 N–H and O–H groups in total. The van der Waals surface area contributed by atoms with Crippen molar-refractivity contribution < 1.29 is 5.11 Å². The molecule has 1 heterocycles. The first-order chi connectivity index (χ1) is 9.23. The summed E-state index contributed by atoms with van der Waals surface area (Å²) in [6.45, 7) is 5.26. The number of hydrogen-bond donors (Lipinski definition) is 2. The van der Waals surface area contributed by atoms with E-state index < -0.39 is 16.8 Å². The summed E-state index contributed by atoms with van der Waals surface area (Å²) in [5, 5.41) is 10.7. The van der Waals surface area contributed by atoms with Crippen LogP contribution in [0.3, 0.4) is 0 Å². The first-order valence-corrected chi connectivity index (χ1v) is 6.45. The summed E-state index contributed by atoms with van der Waals surface area (Å²) in [6, 6.07) is 6.65. The summed E-state index contributed by atoms with van der Waals surface area (Å²) >= 11 is 6.06. The second kappa shape index (κ2) is 4.83. The number of aromatic hydroxyl groups is 1. The molecule has 0 saturated carbocycles. The molecular formula is C14H15ClN2O3. The van der Waals surface area contributed by atoms with Crippen molar-refractivity contribution in [3.63, 3.8) is 0 Å². The van der Waals surface area contributed by atoms with Gasteiger partial charge in [0.25, 0.3) is 5.56 Å². The van der Waals surface area contributed by atoms with E-state index in [1.54, 1.807) is 45.0 Å². The van der Waals surface area contributed by atoms with Crippen molar-refractivity contribution in [3.05, 3.63) is 50.1 Å². The normalized spacial score (nSPS) is 11.6. The molecular weight excluding hydrogens is 280 g/mol. The molecule has 0 fully saturated rings. The summed E-state index contributed by atoms with van der Waals surface area (Å²) in [5.41, 5.74) is -1.63. The number of nitrogens with one attached hydrogen (secondary N) is 1. The van der Waals surface area contributed by atoms with Gasteiger partial charge in [0.1, 0.15) is 5.56 Å². The Bertz CT molecular complexity index is 769. The van der Waals surface area contributed by atoms with E-state index in [-0.39, 0.29) is 11.4 Å². The topological polar surface area (TPSA) is 75.1 Å². The van der Waals surface area contributed by atoms with Gasteiger partial charge in [0.2, 0.25) is 5.88 Å². The Morgan fingerprint density at radius 1 is 1.20 bits per heavy atom. The van der Waals surface area contributed by atoms with Crippen molar-refractivity contribution in [2.75, 3.05) is 0 Å². The van der Waals surface area contributed by atoms with Crippen LogP contribution in [0.5, 0.6) is 5.88 Å². The van der Waals surface area contributed by atoms with Crippen molar-refractivity contribution in [2.45, 2.75) is 26.3 Å². The van der Waals surface area contributed by atoms with Crippen LogP contribution in [0.2, 0.25) is 5.02 Å². The molecule has 2 aromatic rings. The zero-order valence-corrected chi connectivity index (χ0v) is 12.2. The Morgan fingerprint density at radius 2 is 1.80 bits per heavy atom. The van der Waals surface area contributed by atoms with Gasteiger partial charge in [-0.15, -0.1) is 0 Å². The summed E-state index contributed by atoms with van der Waals surface area (Å²) in [7, 11) is 0. The van der Waals surface area contributed by atoms with Gasteiger partial charge in [-0.25, -0.2) is 4.79 Å². The van der Waals surface area contributed by atoms with E-state index in [1.165, 1.54) is 0 Å². The zero-order valence-electron chi connectivity index (χ0n) is 11.4. The van der Waals surface area contributed by atoms with Crippen LogP contribution in [0.15, 0.2) is 33.9 Å². The van der Waals surface area contributed by atoms with Crippen molar-refractivity contribution in [3.8, 4) is 17.0 Å². The molecule has 6 heteroatoms. The number of rotatable bonds is 1. The van der Waals surface area contributed by atoms with Gasteiger partial charge in [0.15, 0.2) is 0 Å². The number of aromatic amines is 1. The zero-order chi connectivity index (χ0) is 15.1. The van der Waals surface area contributed by atoms with Crippen molar-refractivity contribution in [2.24, 2.45) is 0 Å². The predicted octanol–water partition coefficient (Wildman–Crippen LogP) is 2.32. The van der Waals surface area contributed by atoms with Gasteiger partial charge in [0, 0.05) is 16.1 Å². The van der Waals surface area contributed by atoms with Crippen molar-refractivity contribution in [1.29, 1.82) is 0 Å². The average molecular weight is 295 g/mol. The highest BCUT2D eigenvalue weighted by molar-refractivity contribution is 6.33. The van der Waals surface area contributed by atoms with E-state index in [0.717, 1.165) is 4.57 Å². The molecule has 106 valence electrons. The molecule has 20 heavy (non-hydrogen) atoms. The van der Waals surface area contributed by atoms with Crippen LogP contribution >= 0.6 is 11.6 Å². The standard InChI is InChI=1S/C14H15ClN2O3/c1-14(2,3)17-12(19)10(11(18)16-13(17)20)8-6-4-5-7-9(8)15/h4-7,19H,1-3H3,(H,16,18,20). The van der Waals surface area contributed by atoms with Crippen LogP contribution in [-0.4, -0.2) is 14.7 Å². The van der Waals surface area contributed by atoms with Gasteiger partial charge in [-0.3, -0.25) is 14.3 Å². The van der Waals surface area contributed by atoms with Crippen LogP contribution in [0.1, 0.15) is 20.8 Å². The molecule has 0 aliphatic rings. The lowest BCUT2D eigenvalue weighted by Gasteiger charge is -2.24. The minimum Gasteiger partial charge on any atom is -0.494 e. The van der Waals surface area contributed by atoms with E-state index in [9.17, 15) is 14.7 Å². The van der Waals surface area contributed by atoms with E-state index >= 15 is 0 Å². The number of hydrogen-bond acceptors (Lipinski definition) is 3. The molecule has 0 spiro atoms. The maximum absolute atomic E-state index is 12.0. The third kappa shape index (κ3) is 2.36. The molecule has 0 atom stereocenters. The van der Waals surface area contributed by atoms with E-state index in [2.05, 4.69) is 4.98 Å². The Morgan fingerprint density at radius 3 is 2.35 bits per heavy atom. The highest BCUT2D eigenvalue weighted by Gasteiger charge is 2.24. The maximum Gasteiger partial charge on any atom is 0.331 e. The molecule has 0 unspecified atom stereocenters. The minimum absolute atomic E-state index is 0.00914. The fraction of sp³-hybridized carbons (Fsp3) is 0.286. The van der Waals surface area contributed by atoms with Crippen LogP contribution in [0.4, 0.5) is 0 Å². The van der Waals surface area contributed by atoms with Gasteiger partial charge in [-0.05, 0) is 26.8 Å². The molecule has 0 amide bonds. The SMILES string of the molecule is CC(C)(C)n1c(O)c(-c2ccccc2Cl)c(=O)[nH]c1=O. The monoisotopic (exact) mass is 294 g/mol. The molecule has 1 aromatic carbocycles. The van der Waals surface area contributed by atoms with Gasteiger partial charge in [-0.2, -0.15) is 0 Å². The minimum atomic E-state index is -0.679. The van der Waals surface area contributed by atoms with Crippen molar-refractivity contribution >= 4 is 11.6 Å². The number of aromatic nitrogens is 2. The number of nitrogens with zero attached hydrogens (tertiary/aromatic N) is 1. The highest BCUT2D eigenvalue weighted by atomic mass is 35.5. The molecule has 0 bridgehead atoms. The van der Waals surface area contributed by atoms with Gasteiger partial charge in [0.05, 0.1) is 0 Å². The lowest BCUT2D eigenvalue weighted by atomic mass is 10.1. The average Bonchev–Trinajstić information content (AvgIpc) is 2.28. The first-order valence-electron chi connectivity index (χ1n) is 6.07. The van der Waals surface area contributed by atoms with Crippen LogP contribution in [0.25, 0.3) is 11.1 Å². The third-order valence-corrected chi connectivity index (χ3v) is 3.23. The lowest BCUT2D eigenvalue weighted by Crippen LogP contribution is -2.39. The van der Waals surface area contributed by atoms with Crippen LogP contribution in [-0.2, 0) is 5.54 Å². The fourth-order valence-corrected chi connectivity index (χ4v) is 2.28. The number of benzene rings is 1. The molecule has 0 aliphatic heterocycles. The Labute approximate surface area is 120 Å². The summed E-state index contributed by atoms with van der Waals surface area (Å²) in [5.74, 6) is -0.389. The second-order valence-corrected chi connectivity index (χ2v) is 5.85. The first kappa shape index (κ1) is 14.4. The molecule has 0 aliphatic carbocycles. The lowest BCUT2D eigenvalue weighted by molar-refractivity contribution is 0.308. The van der Waals surface area contributed by atoms with E-state index in [4.69, 9.17) is 11.6 Å². The second-order valence-electron chi connectivity index (χ2n) is 5.44. The summed E-state index contributed by atoms with van der Waals surface area (Å²) in [6.07, 6.45) is 0. The maximum atomic E-state index is 12.0. The van der Waals surface area contributed by atoms with Crippen LogP contribution < -0.4 is 11.2 Å². The molecule has 5 nitrogen and oxygen atoms in total. The van der Waals surface area contributed by atoms with Gasteiger partial charge >= 0.3 is 5.69 Å². The van der Waals surface area contributed by atoms with E-state index in [1.807, 2.05) is 0 Å². The third-order valence-electron chi connectivity index (χ3n) is 2.90. The molecule has 2 rings (SSSR count). The summed E-state index contributed by atoms with van der Waals surface area (Å²) < 4.78 is 1.13. The largest absolute Gasteiger partial charge is 0.494 e. The predicted molar refractivity (Wildman–Crippen MR) is 78.4 cm³/mol. The highest BCUT2D eigenvalue weighted by Crippen LogP contribution is 2.32. The molecule has 0 radical (unpaired) electrons. The van der Waals surface area contributed by atoms with Crippen molar-refractivity contribution in [1.82, 2.24) is 9.55 Å². The smallest absolute Gasteiger partial charge is 0.331 e. The number of H-pyrrole nitrogens is 1. The molecule has 0 saturated heterocycles. The Balaban J connectivity index is 2.90. The molecule has 1 aromatic heterocycles.